The van der Waals surface area contributed by atoms with Gasteiger partial charge in [0.2, 0.25) is 11.7 Å². The highest BCUT2D eigenvalue weighted by Gasteiger charge is 2.36. The van der Waals surface area contributed by atoms with Gasteiger partial charge in [0.25, 0.3) is 5.91 Å². The van der Waals surface area contributed by atoms with Crippen molar-refractivity contribution in [1.82, 2.24) is 24.7 Å². The Labute approximate surface area is 193 Å². The Balaban J connectivity index is 1.35. The maximum atomic E-state index is 13.0. The summed E-state index contributed by atoms with van der Waals surface area (Å²) in [4.78, 5) is 30.5. The third kappa shape index (κ3) is 3.71. The molecule has 4 aromatic rings. The second kappa shape index (κ2) is 8.32. The molecule has 34 heavy (non-hydrogen) atoms. The number of nitrogens with one attached hydrogen (secondary N) is 1. The van der Waals surface area contributed by atoms with Gasteiger partial charge in [0.1, 0.15) is 0 Å². The van der Waals surface area contributed by atoms with Crippen molar-refractivity contribution in [3.05, 3.63) is 65.3 Å². The van der Waals surface area contributed by atoms with Crippen molar-refractivity contribution in [2.45, 2.75) is 12.8 Å². The maximum absolute atomic E-state index is 13.0. The van der Waals surface area contributed by atoms with Crippen LogP contribution in [0.5, 0.6) is 0 Å². The molecule has 0 bridgehead atoms. The first-order valence-electron chi connectivity index (χ1n) is 10.4. The fourth-order valence-corrected chi connectivity index (χ4v) is 3.74. The fraction of sp³-hybridized carbons (Fsp3) is 0.217. The van der Waals surface area contributed by atoms with Crippen LogP contribution >= 0.6 is 0 Å². The van der Waals surface area contributed by atoms with E-state index in [0.29, 0.717) is 52.7 Å². The second-order valence-electron chi connectivity index (χ2n) is 7.93. The lowest BCUT2D eigenvalue weighted by molar-refractivity contribution is 0.0804. The minimum atomic E-state index is -0.384. The number of nitriles is 1. The molecule has 170 valence electrons. The highest BCUT2D eigenvalue weighted by molar-refractivity contribution is 6.09. The molecule has 1 aliphatic rings. The van der Waals surface area contributed by atoms with Crippen LogP contribution in [0.25, 0.3) is 16.9 Å². The molecule has 11 nitrogen and oxygen atoms in total. The van der Waals surface area contributed by atoms with Crippen molar-refractivity contribution in [3.63, 3.8) is 0 Å². The molecule has 11 heteroatoms. The molecule has 1 fully saturated rings. The van der Waals surface area contributed by atoms with Gasteiger partial charge in [-0.05, 0) is 30.7 Å². The lowest BCUT2D eigenvalue weighted by Crippen LogP contribution is -2.48. The van der Waals surface area contributed by atoms with Crippen LogP contribution in [-0.2, 0) is 4.74 Å². The number of amides is 2. The molecular formula is C23H19N7O4. The third-order valence-electron chi connectivity index (χ3n) is 5.74. The van der Waals surface area contributed by atoms with E-state index in [1.54, 1.807) is 33.8 Å². The molecule has 0 aliphatic carbocycles. The van der Waals surface area contributed by atoms with Gasteiger partial charge in [-0.1, -0.05) is 17.3 Å². The zero-order valence-corrected chi connectivity index (χ0v) is 18.3. The molecule has 0 atom stereocenters. The predicted octanol–water partition coefficient (Wildman–Crippen LogP) is 2.98. The number of hydrogen-bond acceptors (Lipinski definition) is 8. The summed E-state index contributed by atoms with van der Waals surface area (Å²) in [6.45, 7) is 2.79. The average molecular weight is 457 g/mol. The topological polar surface area (TPSA) is 139 Å². The van der Waals surface area contributed by atoms with E-state index < -0.39 is 0 Å². The number of anilines is 1. The Morgan fingerprint density at radius 1 is 1.26 bits per heavy atom. The molecule has 2 amide bonds. The minimum absolute atomic E-state index is 0.0427. The van der Waals surface area contributed by atoms with Gasteiger partial charge in [-0.25, -0.2) is 9.31 Å². The minimum Gasteiger partial charge on any atom is -0.453 e. The van der Waals surface area contributed by atoms with E-state index in [0.717, 1.165) is 5.56 Å². The maximum Gasteiger partial charge on any atom is 0.409 e. The number of rotatable bonds is 4. The van der Waals surface area contributed by atoms with Crippen molar-refractivity contribution in [2.75, 3.05) is 25.5 Å². The monoisotopic (exact) mass is 457 g/mol. The van der Waals surface area contributed by atoms with Gasteiger partial charge < -0.3 is 19.5 Å². The zero-order valence-electron chi connectivity index (χ0n) is 18.3. The van der Waals surface area contributed by atoms with Gasteiger partial charge in [-0.3, -0.25) is 4.79 Å². The molecule has 0 saturated carbocycles. The summed E-state index contributed by atoms with van der Waals surface area (Å²) in [5.41, 5.74) is 3.44. The molecule has 5 rings (SSSR count). The van der Waals surface area contributed by atoms with Crippen molar-refractivity contribution in [2.24, 2.45) is 0 Å². The summed E-state index contributed by atoms with van der Waals surface area (Å²) in [5.74, 6) is 0.438. The normalized spacial score (nSPS) is 13.4. The quantitative estimate of drug-likeness (QED) is 0.493. The van der Waals surface area contributed by atoms with E-state index in [1.807, 2.05) is 19.1 Å². The number of methoxy groups -OCH3 is 1. The summed E-state index contributed by atoms with van der Waals surface area (Å²) in [6, 6.07) is 10.8. The van der Waals surface area contributed by atoms with Crippen molar-refractivity contribution in [1.29, 1.82) is 5.26 Å². The number of nitrogens with zero attached hydrogens (tertiary/aromatic N) is 6. The van der Waals surface area contributed by atoms with Gasteiger partial charge >= 0.3 is 6.09 Å². The zero-order chi connectivity index (χ0) is 23.8. The molecule has 4 heterocycles. The molecule has 1 saturated heterocycles. The lowest BCUT2D eigenvalue weighted by Gasteiger charge is -2.35. The SMILES string of the molecule is COC(=O)N1CC(c2nc(-c3ccc(C)c(NC(=O)c4cnn5ccc(C#N)cc45)c3)no2)C1. The van der Waals surface area contributed by atoms with E-state index in [1.165, 1.54) is 13.3 Å². The van der Waals surface area contributed by atoms with Crippen LogP contribution in [-0.4, -0.2) is 56.9 Å². The average Bonchev–Trinajstić information content (AvgIpc) is 3.46. The smallest absolute Gasteiger partial charge is 0.409 e. The summed E-state index contributed by atoms with van der Waals surface area (Å²) in [5, 5.41) is 20.3. The molecule has 1 aliphatic heterocycles. The summed E-state index contributed by atoms with van der Waals surface area (Å²) in [6.07, 6.45) is 2.72. The van der Waals surface area contributed by atoms with Gasteiger partial charge in [0, 0.05) is 30.5 Å². The first-order chi connectivity index (χ1) is 16.5. The predicted molar refractivity (Wildman–Crippen MR) is 119 cm³/mol. The first kappa shape index (κ1) is 21.1. The largest absolute Gasteiger partial charge is 0.453 e. The van der Waals surface area contributed by atoms with Crippen molar-refractivity contribution >= 4 is 23.2 Å². The van der Waals surface area contributed by atoms with Crippen LogP contribution in [0, 0.1) is 18.3 Å². The van der Waals surface area contributed by atoms with E-state index in [9.17, 15) is 9.59 Å². The lowest BCUT2D eigenvalue weighted by atomic mass is 10.0. The number of aryl methyl sites for hydroxylation is 1. The number of ether oxygens (including phenoxy) is 1. The van der Waals surface area contributed by atoms with E-state index in [4.69, 9.17) is 14.5 Å². The van der Waals surface area contributed by atoms with E-state index >= 15 is 0 Å². The van der Waals surface area contributed by atoms with Crippen LogP contribution in [0.3, 0.4) is 0 Å². The number of fused-ring (bicyclic) bond motifs is 1. The van der Waals surface area contributed by atoms with Crippen LogP contribution in [0.4, 0.5) is 10.5 Å². The van der Waals surface area contributed by atoms with Gasteiger partial charge in [0.05, 0.1) is 41.9 Å². The van der Waals surface area contributed by atoms with Crippen LogP contribution < -0.4 is 5.32 Å². The number of benzene rings is 1. The van der Waals surface area contributed by atoms with Crippen molar-refractivity contribution < 1.29 is 18.8 Å². The Kier molecular flexibility index (Phi) is 5.18. The summed E-state index contributed by atoms with van der Waals surface area (Å²) >= 11 is 0. The summed E-state index contributed by atoms with van der Waals surface area (Å²) in [7, 11) is 1.34. The van der Waals surface area contributed by atoms with Gasteiger partial charge in [-0.15, -0.1) is 0 Å². The highest BCUT2D eigenvalue weighted by atomic mass is 16.5. The molecule has 0 radical (unpaired) electrons. The molecule has 1 aromatic carbocycles. The van der Waals surface area contributed by atoms with Crippen LogP contribution in [0.2, 0.25) is 0 Å². The number of hydrogen-bond donors (Lipinski definition) is 1. The number of likely N-dealkylation sites (tertiary alicyclic amines) is 1. The number of pyridine rings is 1. The second-order valence-corrected chi connectivity index (χ2v) is 7.93. The molecule has 0 spiro atoms. The molecule has 0 unspecified atom stereocenters. The third-order valence-corrected chi connectivity index (χ3v) is 5.74. The Bertz CT molecular complexity index is 1460. The van der Waals surface area contributed by atoms with Crippen molar-refractivity contribution in [3.8, 4) is 17.5 Å². The molecular weight excluding hydrogens is 438 g/mol. The number of aromatic nitrogens is 4. The fourth-order valence-electron chi connectivity index (χ4n) is 3.74. The van der Waals surface area contributed by atoms with Gasteiger partial charge in [-0.2, -0.15) is 15.3 Å². The molecule has 3 aromatic heterocycles. The summed E-state index contributed by atoms with van der Waals surface area (Å²) < 4.78 is 11.6. The number of carbonyl (C=O) groups is 2. The van der Waals surface area contributed by atoms with Crippen LogP contribution in [0.1, 0.15) is 33.3 Å². The Morgan fingerprint density at radius 2 is 2.09 bits per heavy atom. The standard InChI is InChI=1S/C23H19N7O4/c1-13-3-4-15(20-27-22(34-28-20)16-11-29(12-16)23(32)33-2)8-18(13)26-21(31)17-10-25-30-6-5-14(9-24)7-19(17)30/h3-8,10,16H,11-12H2,1-2H3,(H,26,31). The number of carbonyl (C=O) groups excluding carboxylic acids is 2. The van der Waals surface area contributed by atoms with Crippen LogP contribution in [0.15, 0.2) is 47.2 Å². The highest BCUT2D eigenvalue weighted by Crippen LogP contribution is 2.29. The van der Waals surface area contributed by atoms with E-state index in [-0.39, 0.29) is 17.9 Å². The van der Waals surface area contributed by atoms with E-state index in [2.05, 4.69) is 26.6 Å². The Hall–Kier alpha value is -4.72. The first-order valence-corrected chi connectivity index (χ1v) is 10.4. The Morgan fingerprint density at radius 3 is 2.85 bits per heavy atom. The van der Waals surface area contributed by atoms with Gasteiger partial charge in [0.15, 0.2) is 0 Å². The molecule has 1 N–H and O–H groups in total.